The standard InChI is InChI=1S/C20H26N4O4/c1-4-9-28-16-8-7-12(19(26)22-11-17(21)25)10-14(16)18-23-15(6-3)13(5-2)20(27)24-18/h7-8,10H,4-6,9,11H2,1-3H3,(H2,21,25)(H,22,26)(H,23,24,27). The van der Waals surface area contributed by atoms with E-state index < -0.39 is 11.8 Å². The van der Waals surface area contributed by atoms with Crippen molar-refractivity contribution in [3.8, 4) is 17.1 Å². The number of benzene rings is 1. The second kappa shape index (κ2) is 9.68. The first-order valence-corrected chi connectivity index (χ1v) is 9.36. The lowest BCUT2D eigenvalue weighted by atomic mass is 10.1. The van der Waals surface area contributed by atoms with Crippen molar-refractivity contribution in [3.63, 3.8) is 0 Å². The van der Waals surface area contributed by atoms with Gasteiger partial charge in [0.15, 0.2) is 0 Å². The number of hydrogen-bond donors (Lipinski definition) is 3. The zero-order valence-electron chi connectivity index (χ0n) is 16.4. The number of H-pyrrole nitrogens is 1. The van der Waals surface area contributed by atoms with Crippen LogP contribution in [-0.2, 0) is 17.6 Å². The Morgan fingerprint density at radius 3 is 2.57 bits per heavy atom. The van der Waals surface area contributed by atoms with Crippen molar-refractivity contribution >= 4 is 11.8 Å². The average Bonchev–Trinajstić information content (AvgIpc) is 2.69. The lowest BCUT2D eigenvalue weighted by Gasteiger charge is -2.14. The summed E-state index contributed by atoms with van der Waals surface area (Å²) in [6.45, 7) is 6.05. The van der Waals surface area contributed by atoms with Crippen molar-refractivity contribution in [1.29, 1.82) is 0 Å². The molecule has 1 aromatic heterocycles. The predicted molar refractivity (Wildman–Crippen MR) is 106 cm³/mol. The molecule has 4 N–H and O–H groups in total. The molecule has 8 heteroatoms. The number of carbonyl (C=O) groups excluding carboxylic acids is 2. The highest BCUT2D eigenvalue weighted by molar-refractivity contribution is 5.97. The van der Waals surface area contributed by atoms with Gasteiger partial charge < -0.3 is 20.8 Å². The number of nitrogens with zero attached hydrogens (tertiary/aromatic N) is 1. The van der Waals surface area contributed by atoms with Crippen LogP contribution >= 0.6 is 0 Å². The van der Waals surface area contributed by atoms with Gasteiger partial charge in [0.2, 0.25) is 5.91 Å². The molecule has 0 fully saturated rings. The molecule has 0 aliphatic rings. The summed E-state index contributed by atoms with van der Waals surface area (Å²) in [5.41, 5.74) is 7.05. The van der Waals surface area contributed by atoms with Crippen LogP contribution in [0.4, 0.5) is 0 Å². The van der Waals surface area contributed by atoms with Crippen LogP contribution in [0.5, 0.6) is 5.75 Å². The highest BCUT2D eigenvalue weighted by atomic mass is 16.5. The topological polar surface area (TPSA) is 127 Å². The van der Waals surface area contributed by atoms with Crippen LogP contribution in [-0.4, -0.2) is 34.9 Å². The van der Waals surface area contributed by atoms with E-state index in [0.29, 0.717) is 53.4 Å². The van der Waals surface area contributed by atoms with E-state index in [1.54, 1.807) is 18.2 Å². The van der Waals surface area contributed by atoms with Crippen molar-refractivity contribution in [2.45, 2.75) is 40.0 Å². The fourth-order valence-electron chi connectivity index (χ4n) is 2.79. The number of nitrogens with one attached hydrogen (secondary N) is 2. The Bertz CT molecular complexity index is 921. The second-order valence-corrected chi connectivity index (χ2v) is 6.26. The van der Waals surface area contributed by atoms with Gasteiger partial charge in [-0.2, -0.15) is 0 Å². The Labute approximate surface area is 163 Å². The number of rotatable bonds is 9. The van der Waals surface area contributed by atoms with Gasteiger partial charge in [-0.1, -0.05) is 20.8 Å². The SMILES string of the molecule is CCCOc1ccc(C(=O)NCC(N)=O)cc1-c1nc(CC)c(CC)c(=O)[nH]1. The lowest BCUT2D eigenvalue weighted by Crippen LogP contribution is -2.33. The number of amides is 2. The monoisotopic (exact) mass is 386 g/mol. The molecule has 2 amide bonds. The maximum Gasteiger partial charge on any atom is 0.254 e. The summed E-state index contributed by atoms with van der Waals surface area (Å²) in [4.78, 5) is 43.1. The third kappa shape index (κ3) is 4.97. The van der Waals surface area contributed by atoms with Gasteiger partial charge in [0.05, 0.1) is 24.4 Å². The van der Waals surface area contributed by atoms with E-state index in [2.05, 4.69) is 15.3 Å². The van der Waals surface area contributed by atoms with E-state index in [9.17, 15) is 14.4 Å². The van der Waals surface area contributed by atoms with Crippen LogP contribution in [0.1, 0.15) is 48.8 Å². The van der Waals surface area contributed by atoms with Gasteiger partial charge in [-0.05, 0) is 37.5 Å². The highest BCUT2D eigenvalue weighted by Gasteiger charge is 2.17. The average molecular weight is 386 g/mol. The van der Waals surface area contributed by atoms with Crippen molar-refractivity contribution in [1.82, 2.24) is 15.3 Å². The maximum atomic E-state index is 12.5. The number of aromatic amines is 1. The van der Waals surface area contributed by atoms with Gasteiger partial charge in [0, 0.05) is 11.1 Å². The number of carbonyl (C=O) groups is 2. The van der Waals surface area contributed by atoms with Crippen molar-refractivity contribution < 1.29 is 14.3 Å². The highest BCUT2D eigenvalue weighted by Crippen LogP contribution is 2.29. The number of nitrogens with two attached hydrogens (primary N) is 1. The summed E-state index contributed by atoms with van der Waals surface area (Å²) in [5, 5.41) is 2.45. The number of hydrogen-bond acceptors (Lipinski definition) is 5. The molecule has 2 aromatic rings. The normalized spacial score (nSPS) is 10.5. The molecular formula is C20H26N4O4. The fourth-order valence-corrected chi connectivity index (χ4v) is 2.79. The molecule has 0 aliphatic heterocycles. The summed E-state index contributed by atoms with van der Waals surface area (Å²) in [6, 6.07) is 4.83. The summed E-state index contributed by atoms with van der Waals surface area (Å²) in [7, 11) is 0. The molecule has 1 aromatic carbocycles. The fraction of sp³-hybridized carbons (Fsp3) is 0.400. The first-order chi connectivity index (χ1) is 13.4. The van der Waals surface area contributed by atoms with E-state index >= 15 is 0 Å². The van der Waals surface area contributed by atoms with Crippen LogP contribution in [0.25, 0.3) is 11.4 Å². The van der Waals surface area contributed by atoms with Crippen molar-refractivity contribution in [3.05, 3.63) is 45.4 Å². The maximum absolute atomic E-state index is 12.5. The number of aryl methyl sites for hydroxylation is 1. The van der Waals surface area contributed by atoms with Crippen LogP contribution in [0.2, 0.25) is 0 Å². The Kier molecular flexibility index (Phi) is 7.31. The summed E-state index contributed by atoms with van der Waals surface area (Å²) in [6.07, 6.45) is 2.00. The predicted octanol–water partition coefficient (Wildman–Crippen LogP) is 1.57. The number of primary amides is 1. The first-order valence-electron chi connectivity index (χ1n) is 9.36. The van der Waals surface area contributed by atoms with Crippen LogP contribution in [0.3, 0.4) is 0 Å². The van der Waals surface area contributed by atoms with Crippen LogP contribution in [0.15, 0.2) is 23.0 Å². The molecule has 0 bridgehead atoms. The molecule has 150 valence electrons. The quantitative estimate of drug-likeness (QED) is 0.603. The lowest BCUT2D eigenvalue weighted by molar-refractivity contribution is -0.117. The second-order valence-electron chi connectivity index (χ2n) is 6.26. The van der Waals surface area contributed by atoms with E-state index in [-0.39, 0.29) is 12.1 Å². The summed E-state index contributed by atoms with van der Waals surface area (Å²) >= 11 is 0. The van der Waals surface area contributed by atoms with Crippen molar-refractivity contribution in [2.75, 3.05) is 13.2 Å². The van der Waals surface area contributed by atoms with Gasteiger partial charge in [-0.25, -0.2) is 4.98 Å². The minimum atomic E-state index is -0.634. The van der Waals surface area contributed by atoms with E-state index in [1.807, 2.05) is 20.8 Å². The van der Waals surface area contributed by atoms with Crippen molar-refractivity contribution in [2.24, 2.45) is 5.73 Å². The zero-order chi connectivity index (χ0) is 20.7. The largest absolute Gasteiger partial charge is 0.493 e. The molecule has 0 aliphatic carbocycles. The molecule has 0 saturated heterocycles. The Morgan fingerprint density at radius 2 is 1.96 bits per heavy atom. The van der Waals surface area contributed by atoms with Gasteiger partial charge >= 0.3 is 0 Å². The Balaban J connectivity index is 2.54. The Hall–Kier alpha value is -3.16. The molecule has 28 heavy (non-hydrogen) atoms. The minimum Gasteiger partial charge on any atom is -0.493 e. The third-order valence-corrected chi connectivity index (χ3v) is 4.17. The van der Waals surface area contributed by atoms with Gasteiger partial charge in [0.1, 0.15) is 11.6 Å². The van der Waals surface area contributed by atoms with Crippen LogP contribution < -0.4 is 21.3 Å². The number of aromatic nitrogens is 2. The summed E-state index contributed by atoms with van der Waals surface area (Å²) in [5.74, 6) is -0.229. The number of ether oxygens (including phenoxy) is 1. The van der Waals surface area contributed by atoms with Crippen LogP contribution in [0, 0.1) is 0 Å². The molecule has 0 saturated carbocycles. The summed E-state index contributed by atoms with van der Waals surface area (Å²) < 4.78 is 5.78. The van der Waals surface area contributed by atoms with E-state index in [4.69, 9.17) is 10.5 Å². The van der Waals surface area contributed by atoms with Gasteiger partial charge in [-0.15, -0.1) is 0 Å². The first kappa shape index (κ1) is 21.1. The van der Waals surface area contributed by atoms with Gasteiger partial charge in [0.25, 0.3) is 11.5 Å². The van der Waals surface area contributed by atoms with E-state index in [0.717, 1.165) is 6.42 Å². The molecule has 8 nitrogen and oxygen atoms in total. The zero-order valence-corrected chi connectivity index (χ0v) is 16.4. The third-order valence-electron chi connectivity index (χ3n) is 4.17. The smallest absolute Gasteiger partial charge is 0.254 e. The molecule has 1 heterocycles. The Morgan fingerprint density at radius 1 is 1.21 bits per heavy atom. The molecule has 0 atom stereocenters. The minimum absolute atomic E-state index is 0.200. The van der Waals surface area contributed by atoms with E-state index in [1.165, 1.54) is 0 Å². The molecule has 0 spiro atoms. The molecule has 2 rings (SSSR count). The van der Waals surface area contributed by atoms with Gasteiger partial charge in [-0.3, -0.25) is 14.4 Å². The molecule has 0 radical (unpaired) electrons. The molecular weight excluding hydrogens is 360 g/mol. The molecule has 0 unspecified atom stereocenters.